The topological polar surface area (TPSA) is 53.6 Å². The molecule has 24 heavy (non-hydrogen) atoms. The molecule has 2 amide bonds. The average molecular weight is 354 g/mol. The van der Waals surface area contributed by atoms with Gasteiger partial charge in [0.2, 0.25) is 0 Å². The van der Waals surface area contributed by atoms with Gasteiger partial charge in [0.05, 0.1) is 6.04 Å². The average Bonchev–Trinajstić information content (AvgIpc) is 2.60. The molecule has 2 rings (SSSR count). The summed E-state index contributed by atoms with van der Waals surface area (Å²) < 4.78 is 5.32. The molecule has 0 bridgehead atoms. The molecule has 134 valence electrons. The number of ether oxygens (including phenoxy) is 1. The molecule has 1 aliphatic rings. The Morgan fingerprint density at radius 1 is 1.25 bits per heavy atom. The molecule has 0 saturated carbocycles. The Hall–Kier alpha value is -1.30. The number of nitrogens with zero attached hydrogens (tertiary/aromatic N) is 1. The first-order chi connectivity index (χ1) is 11.6. The highest BCUT2D eigenvalue weighted by Gasteiger charge is 2.20. The van der Waals surface area contributed by atoms with E-state index in [0.29, 0.717) is 6.54 Å². The highest BCUT2D eigenvalue weighted by Crippen LogP contribution is 2.21. The second-order valence-corrected chi connectivity index (χ2v) is 6.47. The molecule has 1 heterocycles. The van der Waals surface area contributed by atoms with E-state index in [1.807, 2.05) is 24.3 Å². The SMILES string of the molecule is CCN(CC)C(CNC(=O)NC1CCOCC1)c1ccc(Cl)cc1. The van der Waals surface area contributed by atoms with Gasteiger partial charge in [-0.2, -0.15) is 0 Å². The van der Waals surface area contributed by atoms with Crippen LogP contribution in [0.3, 0.4) is 0 Å². The standard InChI is InChI=1S/C18H28ClN3O2/c1-3-22(4-2)17(14-5-7-15(19)8-6-14)13-20-18(23)21-16-9-11-24-12-10-16/h5-8,16-17H,3-4,9-13H2,1-2H3,(H2,20,21,23). The Kier molecular flexibility index (Phi) is 7.82. The van der Waals surface area contributed by atoms with Crippen LogP contribution in [0, 0.1) is 0 Å². The van der Waals surface area contributed by atoms with Crippen LogP contribution in [0.1, 0.15) is 38.3 Å². The first-order valence-corrected chi connectivity index (χ1v) is 9.13. The summed E-state index contributed by atoms with van der Waals surface area (Å²) in [5, 5.41) is 6.79. The van der Waals surface area contributed by atoms with Gasteiger partial charge in [-0.25, -0.2) is 4.79 Å². The van der Waals surface area contributed by atoms with Crippen molar-refractivity contribution in [3.63, 3.8) is 0 Å². The molecule has 1 saturated heterocycles. The number of amides is 2. The van der Waals surface area contributed by atoms with Gasteiger partial charge >= 0.3 is 6.03 Å². The van der Waals surface area contributed by atoms with E-state index >= 15 is 0 Å². The van der Waals surface area contributed by atoms with Crippen molar-refractivity contribution in [2.75, 3.05) is 32.8 Å². The lowest BCUT2D eigenvalue weighted by Crippen LogP contribution is -2.47. The zero-order valence-electron chi connectivity index (χ0n) is 14.6. The van der Waals surface area contributed by atoms with Gasteiger partial charge < -0.3 is 15.4 Å². The van der Waals surface area contributed by atoms with Crippen LogP contribution < -0.4 is 10.6 Å². The van der Waals surface area contributed by atoms with Gasteiger partial charge in [0.15, 0.2) is 0 Å². The fraction of sp³-hybridized carbons (Fsp3) is 0.611. The Bertz CT molecular complexity index is 499. The van der Waals surface area contributed by atoms with Gasteiger partial charge in [-0.1, -0.05) is 37.6 Å². The Balaban J connectivity index is 1.94. The zero-order chi connectivity index (χ0) is 17.4. The first kappa shape index (κ1) is 19.0. The van der Waals surface area contributed by atoms with Crippen LogP contribution >= 0.6 is 11.6 Å². The molecule has 0 aromatic heterocycles. The maximum Gasteiger partial charge on any atom is 0.315 e. The maximum absolute atomic E-state index is 12.2. The van der Waals surface area contributed by atoms with E-state index in [0.717, 1.165) is 49.7 Å². The maximum atomic E-state index is 12.2. The molecule has 0 spiro atoms. The second-order valence-electron chi connectivity index (χ2n) is 6.03. The van der Waals surface area contributed by atoms with Crippen LogP contribution in [0.15, 0.2) is 24.3 Å². The normalized spacial score (nSPS) is 16.8. The van der Waals surface area contributed by atoms with Gasteiger partial charge in [-0.05, 0) is 43.6 Å². The molecule has 1 fully saturated rings. The molecule has 1 aliphatic heterocycles. The number of nitrogens with one attached hydrogen (secondary N) is 2. The highest BCUT2D eigenvalue weighted by atomic mass is 35.5. The van der Waals surface area contributed by atoms with Crippen LogP contribution in [0.5, 0.6) is 0 Å². The number of hydrogen-bond donors (Lipinski definition) is 2. The molecule has 1 aromatic carbocycles. The van der Waals surface area contributed by atoms with E-state index in [9.17, 15) is 4.79 Å². The summed E-state index contributed by atoms with van der Waals surface area (Å²) in [6.07, 6.45) is 1.76. The van der Waals surface area contributed by atoms with Crippen LogP contribution in [-0.2, 0) is 4.74 Å². The van der Waals surface area contributed by atoms with Crippen molar-refractivity contribution < 1.29 is 9.53 Å². The van der Waals surface area contributed by atoms with E-state index < -0.39 is 0 Å². The van der Waals surface area contributed by atoms with Gasteiger partial charge in [-0.15, -0.1) is 0 Å². The number of rotatable bonds is 7. The minimum Gasteiger partial charge on any atom is -0.381 e. The lowest BCUT2D eigenvalue weighted by Gasteiger charge is -2.31. The first-order valence-electron chi connectivity index (χ1n) is 8.75. The van der Waals surface area contributed by atoms with Crippen molar-refractivity contribution in [1.29, 1.82) is 0 Å². The summed E-state index contributed by atoms with van der Waals surface area (Å²) >= 11 is 6.00. The summed E-state index contributed by atoms with van der Waals surface area (Å²) in [4.78, 5) is 14.5. The largest absolute Gasteiger partial charge is 0.381 e. The Morgan fingerprint density at radius 2 is 1.88 bits per heavy atom. The van der Waals surface area contributed by atoms with Crippen LogP contribution in [0.2, 0.25) is 5.02 Å². The van der Waals surface area contributed by atoms with E-state index in [1.54, 1.807) is 0 Å². The van der Waals surface area contributed by atoms with E-state index in [4.69, 9.17) is 16.3 Å². The minimum atomic E-state index is -0.104. The van der Waals surface area contributed by atoms with Gasteiger partial charge in [0.25, 0.3) is 0 Å². The summed E-state index contributed by atoms with van der Waals surface area (Å²) in [5.74, 6) is 0. The van der Waals surface area contributed by atoms with Gasteiger partial charge in [0, 0.05) is 30.8 Å². The molecule has 1 aromatic rings. The predicted octanol–water partition coefficient (Wildman–Crippen LogP) is 3.20. The van der Waals surface area contributed by atoms with Crippen molar-refractivity contribution in [3.05, 3.63) is 34.9 Å². The van der Waals surface area contributed by atoms with Crippen LogP contribution in [0.25, 0.3) is 0 Å². The third-order valence-electron chi connectivity index (χ3n) is 4.52. The van der Waals surface area contributed by atoms with Crippen molar-refractivity contribution in [2.45, 2.75) is 38.8 Å². The third kappa shape index (κ3) is 5.65. The predicted molar refractivity (Wildman–Crippen MR) is 97.5 cm³/mol. The van der Waals surface area contributed by atoms with E-state index in [2.05, 4.69) is 29.4 Å². The van der Waals surface area contributed by atoms with Crippen molar-refractivity contribution >= 4 is 17.6 Å². The number of halogens is 1. The number of carbonyl (C=O) groups is 1. The Labute approximate surface area is 149 Å². The molecular formula is C18H28ClN3O2. The number of hydrogen-bond acceptors (Lipinski definition) is 3. The summed E-state index contributed by atoms with van der Waals surface area (Å²) in [6.45, 7) is 8.12. The molecular weight excluding hydrogens is 326 g/mol. The quantitative estimate of drug-likeness (QED) is 0.791. The minimum absolute atomic E-state index is 0.104. The molecule has 1 atom stereocenters. The lowest BCUT2D eigenvalue weighted by atomic mass is 10.1. The van der Waals surface area contributed by atoms with Crippen molar-refractivity contribution in [1.82, 2.24) is 15.5 Å². The van der Waals surface area contributed by atoms with Gasteiger partial charge in [-0.3, -0.25) is 4.90 Å². The number of benzene rings is 1. The van der Waals surface area contributed by atoms with E-state index in [-0.39, 0.29) is 18.1 Å². The lowest BCUT2D eigenvalue weighted by molar-refractivity contribution is 0.0799. The monoisotopic (exact) mass is 353 g/mol. The number of likely N-dealkylation sites (N-methyl/N-ethyl adjacent to an activating group) is 1. The highest BCUT2D eigenvalue weighted by molar-refractivity contribution is 6.30. The molecule has 2 N–H and O–H groups in total. The van der Waals surface area contributed by atoms with Crippen LogP contribution in [-0.4, -0.2) is 49.8 Å². The number of urea groups is 1. The Morgan fingerprint density at radius 3 is 2.46 bits per heavy atom. The molecule has 1 unspecified atom stereocenters. The molecule has 6 heteroatoms. The van der Waals surface area contributed by atoms with Crippen molar-refractivity contribution in [2.24, 2.45) is 0 Å². The second kappa shape index (κ2) is 9.87. The summed E-state index contributed by atoms with van der Waals surface area (Å²) in [5.41, 5.74) is 1.16. The summed E-state index contributed by atoms with van der Waals surface area (Å²) in [6, 6.07) is 8.10. The van der Waals surface area contributed by atoms with Crippen molar-refractivity contribution in [3.8, 4) is 0 Å². The van der Waals surface area contributed by atoms with Crippen LogP contribution in [0.4, 0.5) is 4.79 Å². The van der Waals surface area contributed by atoms with E-state index in [1.165, 1.54) is 0 Å². The molecule has 5 nitrogen and oxygen atoms in total. The zero-order valence-corrected chi connectivity index (χ0v) is 15.3. The molecule has 0 radical (unpaired) electrons. The van der Waals surface area contributed by atoms with Gasteiger partial charge in [0.1, 0.15) is 0 Å². The third-order valence-corrected chi connectivity index (χ3v) is 4.77. The number of carbonyl (C=O) groups excluding carboxylic acids is 1. The fourth-order valence-electron chi connectivity index (χ4n) is 3.07. The fourth-order valence-corrected chi connectivity index (χ4v) is 3.20. The summed E-state index contributed by atoms with van der Waals surface area (Å²) in [7, 11) is 0. The molecule has 0 aliphatic carbocycles. The smallest absolute Gasteiger partial charge is 0.315 e.